The van der Waals surface area contributed by atoms with Gasteiger partial charge in [-0.1, -0.05) is 23.9 Å². The van der Waals surface area contributed by atoms with E-state index < -0.39 is 15.8 Å². The molecule has 0 atom stereocenters. The molecule has 0 aliphatic carbocycles. The van der Waals surface area contributed by atoms with Crippen molar-refractivity contribution in [1.82, 2.24) is 20.2 Å². The number of nitrogens with zero attached hydrogens (tertiary/aromatic N) is 4. The second-order valence-corrected chi connectivity index (χ2v) is 7.18. The normalized spacial score (nSPS) is 11.5. The number of tetrazole rings is 1. The molecule has 0 aliphatic heterocycles. The number of aliphatic carboxylic acids is 1. The highest BCUT2D eigenvalue weighted by Gasteiger charge is 2.11. The van der Waals surface area contributed by atoms with Crippen LogP contribution in [0.25, 0.3) is 0 Å². The molecule has 21 heavy (non-hydrogen) atoms. The molecule has 0 saturated carbocycles. The molecule has 0 fully saturated rings. The highest BCUT2D eigenvalue weighted by molar-refractivity contribution is 7.99. The molecule has 8 nitrogen and oxygen atoms in total. The molecular weight excluding hydrogens is 316 g/mol. The number of carbonyl (C=O) groups is 1. The zero-order valence-electron chi connectivity index (χ0n) is 11.0. The summed E-state index contributed by atoms with van der Waals surface area (Å²) in [5.41, 5.74) is 0.812. The monoisotopic (exact) mass is 328 g/mol. The van der Waals surface area contributed by atoms with Gasteiger partial charge in [0.1, 0.15) is 0 Å². The van der Waals surface area contributed by atoms with Gasteiger partial charge in [-0.15, -0.1) is 5.10 Å². The first kappa shape index (κ1) is 15.4. The van der Waals surface area contributed by atoms with Gasteiger partial charge >= 0.3 is 5.97 Å². The summed E-state index contributed by atoms with van der Waals surface area (Å²) in [7, 11) is -3.22. The number of aromatic nitrogens is 4. The van der Waals surface area contributed by atoms with Crippen LogP contribution in [0.1, 0.15) is 5.56 Å². The second kappa shape index (κ2) is 6.22. The van der Waals surface area contributed by atoms with Crippen LogP contribution in [0, 0.1) is 0 Å². The van der Waals surface area contributed by atoms with Gasteiger partial charge in [0, 0.05) is 6.26 Å². The first-order chi connectivity index (χ1) is 9.86. The molecule has 0 amide bonds. The molecule has 0 spiro atoms. The highest BCUT2D eigenvalue weighted by Crippen LogP contribution is 2.16. The Morgan fingerprint density at radius 1 is 1.33 bits per heavy atom. The summed E-state index contributed by atoms with van der Waals surface area (Å²) in [5.74, 6) is -1.08. The summed E-state index contributed by atoms with van der Waals surface area (Å²) < 4.78 is 24.2. The Morgan fingerprint density at radius 2 is 2.00 bits per heavy atom. The number of thioether (sulfide) groups is 1. The summed E-state index contributed by atoms with van der Waals surface area (Å²) in [6.07, 6.45) is 1.14. The van der Waals surface area contributed by atoms with E-state index in [9.17, 15) is 13.2 Å². The van der Waals surface area contributed by atoms with Crippen molar-refractivity contribution in [3.05, 3.63) is 29.8 Å². The minimum atomic E-state index is -3.22. The Labute approximate surface area is 125 Å². The summed E-state index contributed by atoms with van der Waals surface area (Å²) >= 11 is 1.02. The summed E-state index contributed by atoms with van der Waals surface area (Å²) in [4.78, 5) is 10.8. The molecular formula is C11H12N4O4S2. The molecule has 0 saturated heterocycles. The SMILES string of the molecule is CS(=O)(=O)c1ccc(Cn2nnnc2SCC(=O)O)cc1. The minimum absolute atomic E-state index is 0.132. The fourth-order valence-electron chi connectivity index (χ4n) is 1.54. The van der Waals surface area contributed by atoms with E-state index in [2.05, 4.69) is 15.5 Å². The van der Waals surface area contributed by atoms with Crippen molar-refractivity contribution in [2.75, 3.05) is 12.0 Å². The maximum atomic E-state index is 11.4. The van der Waals surface area contributed by atoms with Gasteiger partial charge in [0.05, 0.1) is 17.2 Å². The number of carboxylic acids is 1. The molecule has 1 heterocycles. The predicted molar refractivity (Wildman–Crippen MR) is 74.8 cm³/mol. The highest BCUT2D eigenvalue weighted by atomic mass is 32.2. The fraction of sp³-hybridized carbons (Fsp3) is 0.273. The van der Waals surface area contributed by atoms with Crippen LogP contribution in [0.4, 0.5) is 0 Å². The molecule has 1 N–H and O–H groups in total. The molecule has 0 unspecified atom stereocenters. The largest absolute Gasteiger partial charge is 0.481 e. The van der Waals surface area contributed by atoms with E-state index in [4.69, 9.17) is 5.11 Å². The lowest BCUT2D eigenvalue weighted by atomic mass is 10.2. The number of hydrogen-bond acceptors (Lipinski definition) is 7. The van der Waals surface area contributed by atoms with Crippen LogP contribution < -0.4 is 0 Å². The first-order valence-electron chi connectivity index (χ1n) is 5.76. The Balaban J connectivity index is 2.12. The van der Waals surface area contributed by atoms with Gasteiger partial charge in [-0.05, 0) is 28.1 Å². The molecule has 1 aromatic carbocycles. The summed E-state index contributed by atoms with van der Waals surface area (Å²) in [6, 6.07) is 6.37. The molecule has 2 rings (SSSR count). The van der Waals surface area contributed by atoms with Gasteiger partial charge in [0.15, 0.2) is 9.84 Å². The molecule has 112 valence electrons. The Kier molecular flexibility index (Phi) is 4.58. The number of hydrogen-bond donors (Lipinski definition) is 1. The van der Waals surface area contributed by atoms with Gasteiger partial charge in [-0.3, -0.25) is 4.79 Å². The third-order valence-corrected chi connectivity index (χ3v) is 4.58. The van der Waals surface area contributed by atoms with Crippen molar-refractivity contribution in [3.63, 3.8) is 0 Å². The average Bonchev–Trinajstić information content (AvgIpc) is 2.83. The Hall–Kier alpha value is -1.94. The van der Waals surface area contributed by atoms with Crippen molar-refractivity contribution < 1.29 is 18.3 Å². The Morgan fingerprint density at radius 3 is 2.57 bits per heavy atom. The topological polar surface area (TPSA) is 115 Å². The number of carboxylic acid groups (broad SMARTS) is 1. The maximum Gasteiger partial charge on any atom is 0.313 e. The van der Waals surface area contributed by atoms with Crippen molar-refractivity contribution in [1.29, 1.82) is 0 Å². The minimum Gasteiger partial charge on any atom is -0.481 e. The molecule has 10 heteroatoms. The smallest absolute Gasteiger partial charge is 0.313 e. The Bertz CT molecular complexity index is 740. The van der Waals surface area contributed by atoms with E-state index in [-0.39, 0.29) is 10.6 Å². The summed E-state index contributed by atoms with van der Waals surface area (Å²) in [6.45, 7) is 0.332. The van der Waals surface area contributed by atoms with E-state index in [0.717, 1.165) is 23.6 Å². The number of sulfone groups is 1. The van der Waals surface area contributed by atoms with Crippen LogP contribution in [0.15, 0.2) is 34.3 Å². The first-order valence-corrected chi connectivity index (χ1v) is 8.64. The molecule has 0 radical (unpaired) electrons. The van der Waals surface area contributed by atoms with Crippen LogP contribution in [0.5, 0.6) is 0 Å². The van der Waals surface area contributed by atoms with Gasteiger partial charge in [-0.2, -0.15) is 0 Å². The van der Waals surface area contributed by atoms with Gasteiger partial charge in [0.2, 0.25) is 5.16 Å². The van der Waals surface area contributed by atoms with Crippen molar-refractivity contribution >= 4 is 27.6 Å². The van der Waals surface area contributed by atoms with Crippen molar-refractivity contribution in [2.24, 2.45) is 0 Å². The number of benzene rings is 1. The average molecular weight is 328 g/mol. The predicted octanol–water partition coefficient (Wildman–Crippen LogP) is 0.302. The van der Waals surface area contributed by atoms with E-state index >= 15 is 0 Å². The maximum absolute atomic E-state index is 11.4. The third kappa shape index (κ3) is 4.26. The lowest BCUT2D eigenvalue weighted by Gasteiger charge is -2.04. The van der Waals surface area contributed by atoms with Gasteiger partial charge < -0.3 is 5.11 Å². The second-order valence-electron chi connectivity index (χ2n) is 4.22. The fourth-order valence-corrected chi connectivity index (χ4v) is 2.77. The third-order valence-electron chi connectivity index (χ3n) is 2.51. The van der Waals surface area contributed by atoms with Crippen molar-refractivity contribution in [3.8, 4) is 0 Å². The van der Waals surface area contributed by atoms with Crippen molar-refractivity contribution in [2.45, 2.75) is 16.6 Å². The van der Waals surface area contributed by atoms with Crippen LogP contribution in [0.2, 0.25) is 0 Å². The van der Waals surface area contributed by atoms with E-state index in [1.54, 1.807) is 12.1 Å². The molecule has 0 aliphatic rings. The molecule has 0 bridgehead atoms. The quantitative estimate of drug-likeness (QED) is 0.753. The van der Waals surface area contributed by atoms with E-state index in [1.807, 2.05) is 0 Å². The van der Waals surface area contributed by atoms with E-state index in [1.165, 1.54) is 16.8 Å². The van der Waals surface area contributed by atoms with Crippen LogP contribution in [-0.2, 0) is 21.2 Å². The van der Waals surface area contributed by atoms with Crippen LogP contribution in [0.3, 0.4) is 0 Å². The molecule has 2 aromatic rings. The zero-order valence-corrected chi connectivity index (χ0v) is 12.6. The molecule has 1 aromatic heterocycles. The number of rotatable bonds is 6. The zero-order chi connectivity index (χ0) is 15.5. The van der Waals surface area contributed by atoms with Crippen LogP contribution >= 0.6 is 11.8 Å². The van der Waals surface area contributed by atoms with Gasteiger partial charge in [-0.25, -0.2) is 13.1 Å². The standard InChI is InChI=1S/C11H12N4O4S2/c1-21(18,19)9-4-2-8(3-5-9)6-15-11(12-13-14-15)20-7-10(16)17/h2-5H,6-7H2,1H3,(H,16,17). The van der Waals surface area contributed by atoms with E-state index in [0.29, 0.717) is 11.7 Å². The summed E-state index contributed by atoms with van der Waals surface area (Å²) in [5, 5.41) is 20.1. The van der Waals surface area contributed by atoms with Gasteiger partial charge in [0.25, 0.3) is 0 Å². The lowest BCUT2D eigenvalue weighted by molar-refractivity contribution is -0.133. The van der Waals surface area contributed by atoms with Crippen LogP contribution in [-0.4, -0.2) is 51.7 Å². The lowest BCUT2D eigenvalue weighted by Crippen LogP contribution is -2.06.